The molecule has 106 valence electrons. The lowest BCUT2D eigenvalue weighted by molar-refractivity contribution is 0.321. The van der Waals surface area contributed by atoms with Crippen LogP contribution >= 0.6 is 23.2 Å². The van der Waals surface area contributed by atoms with Gasteiger partial charge in [-0.05, 0) is 31.2 Å². The summed E-state index contributed by atoms with van der Waals surface area (Å²) in [4.78, 5) is 0. The molecule has 0 aromatic heterocycles. The second-order valence-corrected chi connectivity index (χ2v) is 4.88. The maximum Gasteiger partial charge on any atom is 0.167 e. The molecule has 0 unspecified atom stereocenters. The maximum absolute atomic E-state index is 13.8. The number of ether oxygens (including phenoxy) is 1. The highest BCUT2D eigenvalue weighted by Gasteiger charge is 2.10. The fourth-order valence-corrected chi connectivity index (χ4v) is 2.31. The first-order valence-corrected chi connectivity index (χ1v) is 6.70. The van der Waals surface area contributed by atoms with Crippen LogP contribution in [-0.2, 0) is 0 Å². The Balaban J connectivity index is 2.29. The molecule has 0 aliphatic rings. The molecular weight excluding hydrogens is 302 g/mol. The van der Waals surface area contributed by atoms with Gasteiger partial charge in [0.15, 0.2) is 11.6 Å². The van der Waals surface area contributed by atoms with Gasteiger partial charge in [0, 0.05) is 17.4 Å². The molecular formula is C14H13Cl2FN2O. The van der Waals surface area contributed by atoms with E-state index in [2.05, 4.69) is 5.32 Å². The van der Waals surface area contributed by atoms with Gasteiger partial charge in [0.1, 0.15) is 0 Å². The van der Waals surface area contributed by atoms with Crippen molar-refractivity contribution in [1.82, 2.24) is 0 Å². The number of nitrogens with one attached hydrogen (secondary N) is 1. The summed E-state index contributed by atoms with van der Waals surface area (Å²) in [7, 11) is 0. The first-order chi connectivity index (χ1) is 9.51. The van der Waals surface area contributed by atoms with Crippen LogP contribution in [0.25, 0.3) is 0 Å². The lowest BCUT2D eigenvalue weighted by Crippen LogP contribution is -1.98. The Kier molecular flexibility index (Phi) is 4.57. The van der Waals surface area contributed by atoms with Crippen LogP contribution in [0.3, 0.4) is 0 Å². The molecule has 2 rings (SSSR count). The molecule has 0 heterocycles. The van der Waals surface area contributed by atoms with E-state index in [1.807, 2.05) is 0 Å². The van der Waals surface area contributed by atoms with Gasteiger partial charge >= 0.3 is 0 Å². The van der Waals surface area contributed by atoms with Crippen LogP contribution in [0, 0.1) is 5.82 Å². The summed E-state index contributed by atoms with van der Waals surface area (Å²) in [5.74, 6) is -0.257. The van der Waals surface area contributed by atoms with Gasteiger partial charge in [-0.15, -0.1) is 0 Å². The molecule has 0 aliphatic carbocycles. The lowest BCUT2D eigenvalue weighted by Gasteiger charge is -2.12. The summed E-state index contributed by atoms with van der Waals surface area (Å²) in [6, 6.07) is 7.67. The first kappa shape index (κ1) is 14.8. The van der Waals surface area contributed by atoms with E-state index in [1.54, 1.807) is 31.2 Å². The van der Waals surface area contributed by atoms with Crippen molar-refractivity contribution in [3.05, 3.63) is 46.2 Å². The molecule has 20 heavy (non-hydrogen) atoms. The predicted octanol–water partition coefficient (Wildman–Crippen LogP) is 4.86. The SMILES string of the molecule is CCOc1ccc(Nc2c(Cl)cc(N)cc2Cl)cc1F. The van der Waals surface area contributed by atoms with E-state index in [0.29, 0.717) is 33.7 Å². The number of benzene rings is 2. The van der Waals surface area contributed by atoms with Crippen LogP contribution in [-0.4, -0.2) is 6.61 Å². The van der Waals surface area contributed by atoms with Crippen molar-refractivity contribution in [3.8, 4) is 5.75 Å². The third-order valence-corrected chi connectivity index (χ3v) is 3.16. The zero-order chi connectivity index (χ0) is 14.7. The monoisotopic (exact) mass is 314 g/mol. The van der Waals surface area contributed by atoms with E-state index >= 15 is 0 Å². The minimum absolute atomic E-state index is 0.201. The van der Waals surface area contributed by atoms with Gasteiger partial charge < -0.3 is 15.8 Å². The quantitative estimate of drug-likeness (QED) is 0.792. The van der Waals surface area contributed by atoms with E-state index in [-0.39, 0.29) is 5.75 Å². The average molecular weight is 315 g/mol. The first-order valence-electron chi connectivity index (χ1n) is 5.95. The fourth-order valence-electron chi connectivity index (χ4n) is 1.71. The van der Waals surface area contributed by atoms with Gasteiger partial charge in [-0.1, -0.05) is 23.2 Å². The second kappa shape index (κ2) is 6.20. The smallest absolute Gasteiger partial charge is 0.167 e. The van der Waals surface area contributed by atoms with E-state index < -0.39 is 5.82 Å². The summed E-state index contributed by atoms with van der Waals surface area (Å²) >= 11 is 12.1. The van der Waals surface area contributed by atoms with Gasteiger partial charge in [0.25, 0.3) is 0 Å². The largest absolute Gasteiger partial charge is 0.491 e. The van der Waals surface area contributed by atoms with Crippen molar-refractivity contribution in [2.24, 2.45) is 0 Å². The number of halogens is 3. The molecule has 2 aromatic carbocycles. The van der Waals surface area contributed by atoms with Crippen molar-refractivity contribution >= 4 is 40.3 Å². The molecule has 3 N–H and O–H groups in total. The van der Waals surface area contributed by atoms with E-state index in [1.165, 1.54) is 6.07 Å². The van der Waals surface area contributed by atoms with E-state index in [9.17, 15) is 4.39 Å². The van der Waals surface area contributed by atoms with Crippen molar-refractivity contribution in [2.75, 3.05) is 17.7 Å². The highest BCUT2D eigenvalue weighted by molar-refractivity contribution is 6.39. The molecule has 3 nitrogen and oxygen atoms in total. The Hall–Kier alpha value is -1.65. The minimum atomic E-state index is -0.459. The molecule has 0 radical (unpaired) electrons. The molecule has 0 bridgehead atoms. The van der Waals surface area contributed by atoms with Crippen molar-refractivity contribution < 1.29 is 9.13 Å². The maximum atomic E-state index is 13.8. The molecule has 0 spiro atoms. The summed E-state index contributed by atoms with van der Waals surface area (Å²) < 4.78 is 18.9. The third-order valence-electron chi connectivity index (χ3n) is 2.57. The predicted molar refractivity (Wildman–Crippen MR) is 81.7 cm³/mol. The van der Waals surface area contributed by atoms with Crippen LogP contribution in [0.2, 0.25) is 10.0 Å². The minimum Gasteiger partial charge on any atom is -0.491 e. The molecule has 0 atom stereocenters. The van der Waals surface area contributed by atoms with E-state index in [4.69, 9.17) is 33.7 Å². The Labute approximate surface area is 126 Å². The molecule has 6 heteroatoms. The standard InChI is InChI=1S/C14H13Cl2FN2O/c1-2-20-13-4-3-9(7-12(13)17)19-14-10(15)5-8(18)6-11(14)16/h3-7,19H,2,18H2,1H3. The number of hydrogen-bond donors (Lipinski definition) is 2. The van der Waals surface area contributed by atoms with Gasteiger partial charge in [0.05, 0.1) is 22.3 Å². The third kappa shape index (κ3) is 3.26. The number of anilines is 3. The Morgan fingerprint density at radius 3 is 2.40 bits per heavy atom. The van der Waals surface area contributed by atoms with Gasteiger partial charge in [-0.25, -0.2) is 4.39 Å². The van der Waals surface area contributed by atoms with Crippen LogP contribution in [0.15, 0.2) is 30.3 Å². The average Bonchev–Trinajstić information content (AvgIpc) is 2.37. The van der Waals surface area contributed by atoms with Crippen molar-refractivity contribution in [3.63, 3.8) is 0 Å². The number of nitrogen functional groups attached to an aromatic ring is 1. The van der Waals surface area contributed by atoms with Crippen molar-refractivity contribution in [1.29, 1.82) is 0 Å². The summed E-state index contributed by atoms with van der Waals surface area (Å²) in [6.45, 7) is 2.19. The lowest BCUT2D eigenvalue weighted by atomic mass is 10.2. The van der Waals surface area contributed by atoms with Crippen LogP contribution < -0.4 is 15.8 Å². The normalized spacial score (nSPS) is 10.4. The zero-order valence-corrected chi connectivity index (χ0v) is 12.2. The Morgan fingerprint density at radius 2 is 1.85 bits per heavy atom. The number of nitrogens with two attached hydrogens (primary N) is 1. The molecule has 0 amide bonds. The molecule has 0 fully saturated rings. The number of hydrogen-bond acceptors (Lipinski definition) is 3. The zero-order valence-electron chi connectivity index (χ0n) is 10.7. The second-order valence-electron chi connectivity index (χ2n) is 4.06. The summed E-state index contributed by atoms with van der Waals surface area (Å²) in [6.07, 6.45) is 0. The van der Waals surface area contributed by atoms with Crippen LogP contribution in [0.5, 0.6) is 5.75 Å². The van der Waals surface area contributed by atoms with Gasteiger partial charge in [-0.2, -0.15) is 0 Å². The van der Waals surface area contributed by atoms with Gasteiger partial charge in [-0.3, -0.25) is 0 Å². The highest BCUT2D eigenvalue weighted by atomic mass is 35.5. The summed E-state index contributed by atoms with van der Waals surface area (Å²) in [5, 5.41) is 3.69. The Morgan fingerprint density at radius 1 is 1.20 bits per heavy atom. The van der Waals surface area contributed by atoms with E-state index in [0.717, 1.165) is 0 Å². The molecule has 0 saturated heterocycles. The van der Waals surface area contributed by atoms with Gasteiger partial charge in [0.2, 0.25) is 0 Å². The summed E-state index contributed by atoms with van der Waals surface area (Å²) in [5.41, 5.74) is 7.08. The van der Waals surface area contributed by atoms with Crippen LogP contribution in [0.4, 0.5) is 21.5 Å². The Bertz CT molecular complexity index is 612. The van der Waals surface area contributed by atoms with Crippen molar-refractivity contribution in [2.45, 2.75) is 6.92 Å². The molecule has 0 aliphatic heterocycles. The topological polar surface area (TPSA) is 47.3 Å². The fraction of sp³-hybridized carbons (Fsp3) is 0.143. The number of rotatable bonds is 4. The van der Waals surface area contributed by atoms with Crippen LogP contribution in [0.1, 0.15) is 6.92 Å². The highest BCUT2D eigenvalue weighted by Crippen LogP contribution is 2.35. The molecule has 0 saturated carbocycles. The molecule has 2 aromatic rings.